The SMILES string of the molecule is CN=C(NCCCOCC1CCCO1)NCCCN1CCN(c2cccc(C)c2)CC1.I. The molecule has 2 aliphatic heterocycles. The predicted molar refractivity (Wildman–Crippen MR) is 144 cm³/mol. The van der Waals surface area contributed by atoms with Crippen LogP contribution >= 0.6 is 24.0 Å². The van der Waals surface area contributed by atoms with Gasteiger partial charge < -0.3 is 25.0 Å². The summed E-state index contributed by atoms with van der Waals surface area (Å²) in [6, 6.07) is 8.83. The summed E-state index contributed by atoms with van der Waals surface area (Å²) in [5.41, 5.74) is 2.69. The van der Waals surface area contributed by atoms with Crippen molar-refractivity contribution in [2.24, 2.45) is 4.99 Å². The molecule has 0 spiro atoms. The van der Waals surface area contributed by atoms with Gasteiger partial charge in [0.15, 0.2) is 5.96 Å². The van der Waals surface area contributed by atoms with Crippen molar-refractivity contribution in [1.82, 2.24) is 15.5 Å². The van der Waals surface area contributed by atoms with E-state index in [2.05, 4.69) is 56.6 Å². The van der Waals surface area contributed by atoms with Crippen LogP contribution < -0.4 is 15.5 Å². The topological polar surface area (TPSA) is 61.4 Å². The molecule has 0 bridgehead atoms. The lowest BCUT2D eigenvalue weighted by Crippen LogP contribution is -2.47. The highest BCUT2D eigenvalue weighted by atomic mass is 127. The number of rotatable bonds is 11. The maximum absolute atomic E-state index is 5.71. The summed E-state index contributed by atoms with van der Waals surface area (Å²) in [6.07, 6.45) is 4.71. The van der Waals surface area contributed by atoms with Gasteiger partial charge in [-0.25, -0.2) is 0 Å². The van der Waals surface area contributed by atoms with E-state index in [1.54, 1.807) is 0 Å². The molecule has 32 heavy (non-hydrogen) atoms. The molecule has 0 aliphatic carbocycles. The Balaban J connectivity index is 0.00000363. The molecule has 2 N–H and O–H groups in total. The van der Waals surface area contributed by atoms with Gasteiger partial charge in [-0.3, -0.25) is 9.89 Å². The molecule has 1 aromatic carbocycles. The van der Waals surface area contributed by atoms with Crippen molar-refractivity contribution in [3.05, 3.63) is 29.8 Å². The molecular weight excluding hydrogens is 517 g/mol. The number of hydrogen-bond acceptors (Lipinski definition) is 5. The van der Waals surface area contributed by atoms with Crippen molar-refractivity contribution in [2.45, 2.75) is 38.7 Å². The van der Waals surface area contributed by atoms with E-state index in [0.29, 0.717) is 6.10 Å². The van der Waals surface area contributed by atoms with E-state index in [1.165, 1.54) is 17.7 Å². The van der Waals surface area contributed by atoms with Gasteiger partial charge in [-0.1, -0.05) is 12.1 Å². The van der Waals surface area contributed by atoms with Crippen LogP contribution in [0.15, 0.2) is 29.3 Å². The molecule has 2 fully saturated rings. The Morgan fingerprint density at radius 2 is 1.94 bits per heavy atom. The predicted octanol–water partition coefficient (Wildman–Crippen LogP) is 2.88. The van der Waals surface area contributed by atoms with E-state index >= 15 is 0 Å². The number of piperazine rings is 1. The van der Waals surface area contributed by atoms with Gasteiger partial charge in [0.1, 0.15) is 0 Å². The molecule has 7 nitrogen and oxygen atoms in total. The first-order valence-corrected chi connectivity index (χ1v) is 11.9. The van der Waals surface area contributed by atoms with E-state index in [1.807, 2.05) is 7.05 Å². The number of aliphatic imine (C=N–C) groups is 1. The molecular formula is C24H42IN5O2. The summed E-state index contributed by atoms with van der Waals surface area (Å²) in [5.74, 6) is 0.878. The summed E-state index contributed by atoms with van der Waals surface area (Å²) in [7, 11) is 1.83. The van der Waals surface area contributed by atoms with Gasteiger partial charge in [0.05, 0.1) is 12.7 Å². The van der Waals surface area contributed by atoms with E-state index in [9.17, 15) is 0 Å². The number of hydrogen-bond donors (Lipinski definition) is 2. The van der Waals surface area contributed by atoms with Gasteiger partial charge in [0, 0.05) is 65.2 Å². The Bertz CT molecular complexity index is 662. The Hall–Kier alpha value is -1.10. The highest BCUT2D eigenvalue weighted by molar-refractivity contribution is 14.0. The minimum atomic E-state index is 0. The fourth-order valence-electron chi connectivity index (χ4n) is 4.16. The van der Waals surface area contributed by atoms with Gasteiger partial charge in [-0.15, -0.1) is 24.0 Å². The van der Waals surface area contributed by atoms with Crippen molar-refractivity contribution >= 4 is 35.6 Å². The third kappa shape index (κ3) is 9.80. The van der Waals surface area contributed by atoms with Crippen LogP contribution in [0, 0.1) is 6.92 Å². The van der Waals surface area contributed by atoms with E-state index < -0.39 is 0 Å². The third-order valence-corrected chi connectivity index (χ3v) is 5.99. The zero-order valence-electron chi connectivity index (χ0n) is 19.9. The van der Waals surface area contributed by atoms with E-state index in [0.717, 1.165) is 90.9 Å². The molecule has 2 heterocycles. The summed E-state index contributed by atoms with van der Waals surface area (Å²) < 4.78 is 11.3. The first-order valence-electron chi connectivity index (χ1n) is 11.9. The highest BCUT2D eigenvalue weighted by Gasteiger charge is 2.17. The average molecular weight is 560 g/mol. The van der Waals surface area contributed by atoms with Gasteiger partial charge in [0.2, 0.25) is 0 Å². The molecule has 3 rings (SSSR count). The lowest BCUT2D eigenvalue weighted by molar-refractivity contribution is 0.0168. The zero-order chi connectivity index (χ0) is 21.7. The monoisotopic (exact) mass is 559 g/mol. The number of halogens is 1. The molecule has 8 heteroatoms. The Morgan fingerprint density at radius 1 is 1.16 bits per heavy atom. The Kier molecular flexibility index (Phi) is 13.3. The van der Waals surface area contributed by atoms with Gasteiger partial charge >= 0.3 is 0 Å². The molecule has 0 saturated carbocycles. The molecule has 1 atom stereocenters. The van der Waals surface area contributed by atoms with Crippen LogP contribution in [0.1, 0.15) is 31.2 Å². The second-order valence-corrected chi connectivity index (χ2v) is 8.51. The summed E-state index contributed by atoms with van der Waals surface area (Å²) in [5, 5.41) is 6.80. The van der Waals surface area contributed by atoms with Crippen LogP contribution in [-0.4, -0.2) is 89.6 Å². The number of guanidine groups is 1. The summed E-state index contributed by atoms with van der Waals surface area (Å²) in [4.78, 5) is 9.38. The van der Waals surface area contributed by atoms with Crippen molar-refractivity contribution in [1.29, 1.82) is 0 Å². The smallest absolute Gasteiger partial charge is 0.190 e. The highest BCUT2D eigenvalue weighted by Crippen LogP contribution is 2.17. The second kappa shape index (κ2) is 15.7. The van der Waals surface area contributed by atoms with E-state index in [4.69, 9.17) is 9.47 Å². The normalized spacial score (nSPS) is 19.6. The number of aryl methyl sites for hydroxylation is 1. The molecule has 2 saturated heterocycles. The fourth-order valence-corrected chi connectivity index (χ4v) is 4.16. The van der Waals surface area contributed by atoms with Crippen molar-refractivity contribution in [3.63, 3.8) is 0 Å². The maximum Gasteiger partial charge on any atom is 0.190 e. The zero-order valence-corrected chi connectivity index (χ0v) is 22.2. The summed E-state index contributed by atoms with van der Waals surface area (Å²) in [6.45, 7) is 12.0. The molecule has 2 aliphatic rings. The van der Waals surface area contributed by atoms with Crippen LogP contribution in [0.3, 0.4) is 0 Å². The molecule has 1 unspecified atom stereocenters. The number of nitrogens with zero attached hydrogens (tertiary/aromatic N) is 3. The Labute approximate surface area is 211 Å². The van der Waals surface area contributed by atoms with Crippen molar-refractivity contribution < 1.29 is 9.47 Å². The number of benzene rings is 1. The lowest BCUT2D eigenvalue weighted by Gasteiger charge is -2.36. The molecule has 182 valence electrons. The quantitative estimate of drug-likeness (QED) is 0.188. The largest absolute Gasteiger partial charge is 0.379 e. The minimum Gasteiger partial charge on any atom is -0.379 e. The number of ether oxygens (including phenoxy) is 2. The van der Waals surface area contributed by atoms with Gasteiger partial charge in [-0.2, -0.15) is 0 Å². The van der Waals surface area contributed by atoms with Crippen LogP contribution in [0.5, 0.6) is 0 Å². The standard InChI is InChI=1S/C24H41N5O2.HI/c1-21-7-3-8-22(19-21)29-15-13-28(14-16-29)12-5-10-26-24(25-2)27-11-6-17-30-20-23-9-4-18-31-23;/h3,7-8,19,23H,4-6,9-18,20H2,1-2H3,(H2,25,26,27);1H. The first kappa shape index (κ1) is 27.1. The maximum atomic E-state index is 5.71. The number of nitrogens with one attached hydrogen (secondary N) is 2. The fraction of sp³-hybridized carbons (Fsp3) is 0.708. The molecule has 1 aromatic rings. The van der Waals surface area contributed by atoms with Crippen LogP contribution in [0.25, 0.3) is 0 Å². The minimum absolute atomic E-state index is 0. The van der Waals surface area contributed by atoms with Crippen LogP contribution in [-0.2, 0) is 9.47 Å². The first-order chi connectivity index (χ1) is 15.2. The lowest BCUT2D eigenvalue weighted by atomic mass is 10.2. The molecule has 0 radical (unpaired) electrons. The molecule has 0 aromatic heterocycles. The van der Waals surface area contributed by atoms with Crippen molar-refractivity contribution in [3.8, 4) is 0 Å². The average Bonchev–Trinajstić information content (AvgIpc) is 3.31. The molecule has 0 amide bonds. The van der Waals surface area contributed by atoms with Crippen LogP contribution in [0.2, 0.25) is 0 Å². The summed E-state index contributed by atoms with van der Waals surface area (Å²) >= 11 is 0. The van der Waals surface area contributed by atoms with Crippen molar-refractivity contribution in [2.75, 3.05) is 77.6 Å². The van der Waals surface area contributed by atoms with Crippen LogP contribution in [0.4, 0.5) is 5.69 Å². The van der Waals surface area contributed by atoms with Gasteiger partial charge in [-0.05, 0) is 56.8 Å². The van der Waals surface area contributed by atoms with Gasteiger partial charge in [0.25, 0.3) is 0 Å². The van der Waals surface area contributed by atoms with E-state index in [-0.39, 0.29) is 24.0 Å². The Morgan fingerprint density at radius 3 is 2.62 bits per heavy atom. The number of anilines is 1. The second-order valence-electron chi connectivity index (χ2n) is 8.51. The third-order valence-electron chi connectivity index (χ3n) is 5.99.